The van der Waals surface area contributed by atoms with Gasteiger partial charge < -0.3 is 15.7 Å². The first-order chi connectivity index (χ1) is 7.24. The van der Waals surface area contributed by atoms with Gasteiger partial charge in [0.15, 0.2) is 0 Å². The molecule has 0 spiro atoms. The van der Waals surface area contributed by atoms with Crippen molar-refractivity contribution in [3.05, 3.63) is 0 Å². The number of urea groups is 1. The van der Waals surface area contributed by atoms with Gasteiger partial charge in [0, 0.05) is 6.54 Å². The summed E-state index contributed by atoms with van der Waals surface area (Å²) >= 11 is 0. The molecule has 0 aromatic rings. The van der Waals surface area contributed by atoms with Crippen molar-refractivity contribution in [2.24, 2.45) is 0 Å². The first kappa shape index (κ1) is 12.3. The van der Waals surface area contributed by atoms with Gasteiger partial charge in [-0.05, 0) is 19.3 Å². The van der Waals surface area contributed by atoms with Gasteiger partial charge in [-0.2, -0.15) is 0 Å². The van der Waals surface area contributed by atoms with Crippen molar-refractivity contribution in [2.45, 2.75) is 57.6 Å². The van der Waals surface area contributed by atoms with E-state index in [0.29, 0.717) is 6.54 Å². The van der Waals surface area contributed by atoms with E-state index in [1.54, 1.807) is 0 Å². The smallest absolute Gasteiger partial charge is 0.315 e. The van der Waals surface area contributed by atoms with Gasteiger partial charge in [-0.15, -0.1) is 0 Å². The number of carbonyl (C=O) groups is 1. The van der Waals surface area contributed by atoms with E-state index in [0.717, 1.165) is 38.5 Å². The van der Waals surface area contributed by atoms with Crippen LogP contribution in [0.2, 0.25) is 0 Å². The SMILES string of the molecule is CCCNC(=O)NC1CCCCCC1O. The van der Waals surface area contributed by atoms with Crippen LogP contribution in [0.5, 0.6) is 0 Å². The normalized spacial score (nSPS) is 26.8. The van der Waals surface area contributed by atoms with Gasteiger partial charge in [0.1, 0.15) is 0 Å². The van der Waals surface area contributed by atoms with Crippen LogP contribution in [0, 0.1) is 0 Å². The lowest BCUT2D eigenvalue weighted by molar-refractivity contribution is 0.122. The molecule has 1 aliphatic carbocycles. The minimum atomic E-state index is -0.375. The molecule has 1 aliphatic rings. The van der Waals surface area contributed by atoms with Gasteiger partial charge in [-0.25, -0.2) is 4.79 Å². The van der Waals surface area contributed by atoms with Crippen LogP contribution in [0.3, 0.4) is 0 Å². The maximum Gasteiger partial charge on any atom is 0.315 e. The van der Waals surface area contributed by atoms with E-state index in [2.05, 4.69) is 10.6 Å². The number of aliphatic hydroxyl groups is 1. The summed E-state index contributed by atoms with van der Waals surface area (Å²) in [7, 11) is 0. The maximum atomic E-state index is 11.4. The summed E-state index contributed by atoms with van der Waals surface area (Å²) in [5, 5.41) is 15.4. The number of amides is 2. The Morgan fingerprint density at radius 2 is 2.07 bits per heavy atom. The summed E-state index contributed by atoms with van der Waals surface area (Å²) in [6, 6.07) is -0.216. The van der Waals surface area contributed by atoms with Crippen molar-refractivity contribution in [2.75, 3.05) is 6.54 Å². The summed E-state index contributed by atoms with van der Waals surface area (Å²) in [5.74, 6) is 0. The Morgan fingerprint density at radius 1 is 1.33 bits per heavy atom. The second-order valence-electron chi connectivity index (χ2n) is 4.21. The highest BCUT2D eigenvalue weighted by Crippen LogP contribution is 2.17. The van der Waals surface area contributed by atoms with Crippen molar-refractivity contribution in [3.63, 3.8) is 0 Å². The summed E-state index contributed by atoms with van der Waals surface area (Å²) in [4.78, 5) is 11.4. The molecule has 2 amide bonds. The molecule has 15 heavy (non-hydrogen) atoms. The molecule has 0 bridgehead atoms. The number of hydrogen-bond acceptors (Lipinski definition) is 2. The summed E-state index contributed by atoms with van der Waals surface area (Å²) in [6.45, 7) is 2.70. The third-order valence-electron chi connectivity index (χ3n) is 2.83. The Balaban J connectivity index is 2.30. The quantitative estimate of drug-likeness (QED) is 0.622. The molecule has 1 saturated carbocycles. The van der Waals surface area contributed by atoms with E-state index in [4.69, 9.17) is 0 Å². The molecule has 3 N–H and O–H groups in total. The number of carbonyl (C=O) groups excluding carboxylic acids is 1. The second kappa shape index (κ2) is 6.67. The Labute approximate surface area is 91.4 Å². The fraction of sp³-hybridized carbons (Fsp3) is 0.909. The minimum Gasteiger partial charge on any atom is -0.391 e. The molecule has 0 aromatic carbocycles. The van der Waals surface area contributed by atoms with E-state index in [1.165, 1.54) is 0 Å². The molecular weight excluding hydrogens is 192 g/mol. The highest BCUT2D eigenvalue weighted by atomic mass is 16.3. The summed E-state index contributed by atoms with van der Waals surface area (Å²) < 4.78 is 0. The van der Waals surface area contributed by atoms with Crippen molar-refractivity contribution in [1.29, 1.82) is 0 Å². The highest BCUT2D eigenvalue weighted by molar-refractivity contribution is 5.74. The average Bonchev–Trinajstić information content (AvgIpc) is 2.42. The topological polar surface area (TPSA) is 61.4 Å². The lowest BCUT2D eigenvalue weighted by Gasteiger charge is -2.21. The lowest BCUT2D eigenvalue weighted by atomic mass is 10.1. The van der Waals surface area contributed by atoms with Gasteiger partial charge in [0.25, 0.3) is 0 Å². The maximum absolute atomic E-state index is 11.4. The van der Waals surface area contributed by atoms with Crippen LogP contribution in [0.4, 0.5) is 4.79 Å². The predicted octanol–water partition coefficient (Wildman–Crippen LogP) is 1.39. The standard InChI is InChI=1S/C11H22N2O2/c1-2-8-12-11(15)13-9-6-4-3-5-7-10(9)14/h9-10,14H,2-8H2,1H3,(H2,12,13,15). The van der Waals surface area contributed by atoms with Crippen LogP contribution in [-0.2, 0) is 0 Å². The van der Waals surface area contributed by atoms with Crippen LogP contribution in [0.15, 0.2) is 0 Å². The number of rotatable bonds is 3. The third kappa shape index (κ3) is 4.51. The molecule has 1 rings (SSSR count). The minimum absolute atomic E-state index is 0.0654. The van der Waals surface area contributed by atoms with Crippen LogP contribution >= 0.6 is 0 Å². The summed E-state index contributed by atoms with van der Waals surface area (Å²) in [6.07, 6.45) is 5.57. The van der Waals surface area contributed by atoms with Crippen molar-refractivity contribution >= 4 is 6.03 Å². The van der Waals surface area contributed by atoms with Gasteiger partial charge >= 0.3 is 6.03 Å². The van der Waals surface area contributed by atoms with Gasteiger partial charge in [0.05, 0.1) is 12.1 Å². The van der Waals surface area contributed by atoms with Crippen molar-refractivity contribution in [1.82, 2.24) is 10.6 Å². The van der Waals surface area contributed by atoms with Crippen LogP contribution < -0.4 is 10.6 Å². The average molecular weight is 214 g/mol. The molecule has 4 nitrogen and oxygen atoms in total. The van der Waals surface area contributed by atoms with E-state index in [9.17, 15) is 9.90 Å². The number of nitrogens with one attached hydrogen (secondary N) is 2. The number of aliphatic hydroxyl groups excluding tert-OH is 1. The van der Waals surface area contributed by atoms with Crippen molar-refractivity contribution in [3.8, 4) is 0 Å². The number of hydrogen-bond donors (Lipinski definition) is 3. The van der Waals surface area contributed by atoms with Crippen LogP contribution in [0.1, 0.15) is 45.4 Å². The van der Waals surface area contributed by atoms with E-state index < -0.39 is 0 Å². The van der Waals surface area contributed by atoms with Crippen molar-refractivity contribution < 1.29 is 9.90 Å². The highest BCUT2D eigenvalue weighted by Gasteiger charge is 2.22. The van der Waals surface area contributed by atoms with Gasteiger partial charge in [0.2, 0.25) is 0 Å². The molecule has 1 fully saturated rings. The fourth-order valence-electron chi connectivity index (χ4n) is 1.91. The van der Waals surface area contributed by atoms with Gasteiger partial charge in [-0.3, -0.25) is 0 Å². The van der Waals surface area contributed by atoms with E-state index >= 15 is 0 Å². The largest absolute Gasteiger partial charge is 0.391 e. The molecule has 0 aliphatic heterocycles. The molecular formula is C11H22N2O2. The Morgan fingerprint density at radius 3 is 2.80 bits per heavy atom. The van der Waals surface area contributed by atoms with E-state index in [-0.39, 0.29) is 18.2 Å². The molecule has 0 heterocycles. The molecule has 0 radical (unpaired) electrons. The van der Waals surface area contributed by atoms with E-state index in [1.807, 2.05) is 6.92 Å². The van der Waals surface area contributed by atoms with Gasteiger partial charge in [-0.1, -0.05) is 26.2 Å². The zero-order valence-corrected chi connectivity index (χ0v) is 9.46. The first-order valence-corrected chi connectivity index (χ1v) is 5.96. The molecule has 4 heteroatoms. The predicted molar refractivity (Wildman–Crippen MR) is 59.7 cm³/mol. The van der Waals surface area contributed by atoms with Crippen LogP contribution in [0.25, 0.3) is 0 Å². The first-order valence-electron chi connectivity index (χ1n) is 5.96. The molecule has 88 valence electrons. The zero-order chi connectivity index (χ0) is 11.1. The zero-order valence-electron chi connectivity index (χ0n) is 9.46. The molecule has 2 atom stereocenters. The molecule has 0 aromatic heterocycles. The fourth-order valence-corrected chi connectivity index (χ4v) is 1.91. The molecule has 2 unspecified atom stereocenters. The Hall–Kier alpha value is -0.770. The monoisotopic (exact) mass is 214 g/mol. The van der Waals surface area contributed by atoms with Crippen LogP contribution in [-0.4, -0.2) is 29.8 Å². The Bertz CT molecular complexity index is 197. The Kier molecular flexibility index (Phi) is 5.47. The lowest BCUT2D eigenvalue weighted by Crippen LogP contribution is -2.47. The summed E-state index contributed by atoms with van der Waals surface area (Å²) in [5.41, 5.74) is 0. The third-order valence-corrected chi connectivity index (χ3v) is 2.83. The second-order valence-corrected chi connectivity index (χ2v) is 4.21. The molecule has 0 saturated heterocycles.